The molecule has 146 valence electrons. The molecule has 0 aromatic carbocycles. The van der Waals surface area contributed by atoms with Crippen LogP contribution in [0.4, 0.5) is 4.79 Å². The summed E-state index contributed by atoms with van der Waals surface area (Å²) < 4.78 is 10.1. The summed E-state index contributed by atoms with van der Waals surface area (Å²) in [5.74, 6) is -1.42. The fourth-order valence-corrected chi connectivity index (χ4v) is 3.03. The number of nitrogens with one attached hydrogen (secondary N) is 3. The minimum atomic E-state index is -0.591. The van der Waals surface area contributed by atoms with E-state index in [2.05, 4.69) is 16.0 Å². The Morgan fingerprint density at radius 2 is 2.07 bits per heavy atom. The number of rotatable bonds is 8. The van der Waals surface area contributed by atoms with Crippen LogP contribution in [-0.2, 0) is 19.1 Å². The first-order chi connectivity index (χ1) is 12.9. The van der Waals surface area contributed by atoms with Gasteiger partial charge in [-0.1, -0.05) is 6.07 Å². The van der Waals surface area contributed by atoms with Crippen molar-refractivity contribution in [3.05, 3.63) is 33.7 Å². The zero-order valence-corrected chi connectivity index (χ0v) is 15.8. The SMILES string of the molecule is CCOC(=O)C1=C(COC(=O)CCNC(=O)c2cccs2)NC(=O)NC1C. The molecule has 0 aliphatic carbocycles. The van der Waals surface area contributed by atoms with E-state index < -0.39 is 24.0 Å². The summed E-state index contributed by atoms with van der Waals surface area (Å²) in [6.45, 7) is 3.32. The summed E-state index contributed by atoms with van der Waals surface area (Å²) in [5.41, 5.74) is 0.385. The van der Waals surface area contributed by atoms with Gasteiger partial charge in [0.2, 0.25) is 0 Å². The Morgan fingerprint density at radius 3 is 2.74 bits per heavy atom. The Balaban J connectivity index is 1.87. The zero-order chi connectivity index (χ0) is 19.8. The summed E-state index contributed by atoms with van der Waals surface area (Å²) in [5, 5.41) is 9.42. The summed E-state index contributed by atoms with van der Waals surface area (Å²) >= 11 is 1.30. The maximum atomic E-state index is 12.1. The number of carbonyl (C=O) groups is 4. The van der Waals surface area contributed by atoms with Gasteiger partial charge in [-0.2, -0.15) is 0 Å². The quantitative estimate of drug-likeness (QED) is 0.563. The molecule has 1 aromatic rings. The minimum Gasteiger partial charge on any atom is -0.463 e. The van der Waals surface area contributed by atoms with Crippen molar-refractivity contribution in [1.29, 1.82) is 0 Å². The fraction of sp³-hybridized carbons (Fsp3) is 0.412. The zero-order valence-electron chi connectivity index (χ0n) is 15.0. The van der Waals surface area contributed by atoms with Gasteiger partial charge in [-0.25, -0.2) is 9.59 Å². The number of carbonyl (C=O) groups excluding carboxylic acids is 4. The first-order valence-corrected chi connectivity index (χ1v) is 9.25. The number of ether oxygens (including phenoxy) is 2. The van der Waals surface area contributed by atoms with Crippen LogP contribution in [-0.4, -0.2) is 49.7 Å². The van der Waals surface area contributed by atoms with Crippen molar-refractivity contribution in [2.45, 2.75) is 26.3 Å². The third-order valence-corrected chi connectivity index (χ3v) is 4.47. The monoisotopic (exact) mass is 395 g/mol. The van der Waals surface area contributed by atoms with Crippen molar-refractivity contribution >= 4 is 35.2 Å². The van der Waals surface area contributed by atoms with E-state index in [1.807, 2.05) is 0 Å². The van der Waals surface area contributed by atoms with Gasteiger partial charge in [0.1, 0.15) is 6.61 Å². The van der Waals surface area contributed by atoms with Crippen molar-refractivity contribution in [2.24, 2.45) is 0 Å². The standard InChI is InChI=1S/C17H21N3O6S/c1-3-25-16(23)14-10(2)19-17(24)20-11(14)9-26-13(21)6-7-18-15(22)12-5-4-8-27-12/h4-5,8,10H,3,6-7,9H2,1-2H3,(H,18,22)(H2,19,20,24). The van der Waals surface area contributed by atoms with Gasteiger partial charge in [-0.3, -0.25) is 9.59 Å². The predicted molar refractivity (Wildman–Crippen MR) is 97.0 cm³/mol. The first kappa shape index (κ1) is 20.4. The van der Waals surface area contributed by atoms with E-state index in [4.69, 9.17) is 9.47 Å². The summed E-state index contributed by atoms with van der Waals surface area (Å²) in [4.78, 5) is 47.9. The van der Waals surface area contributed by atoms with Crippen LogP contribution in [0.1, 0.15) is 29.9 Å². The maximum Gasteiger partial charge on any atom is 0.338 e. The van der Waals surface area contributed by atoms with Crippen LogP contribution in [0.3, 0.4) is 0 Å². The Bertz CT molecular complexity index is 744. The molecule has 3 amide bonds. The van der Waals surface area contributed by atoms with E-state index in [1.165, 1.54) is 11.3 Å². The smallest absolute Gasteiger partial charge is 0.338 e. The minimum absolute atomic E-state index is 0.0408. The molecule has 0 radical (unpaired) electrons. The van der Waals surface area contributed by atoms with Crippen LogP contribution in [0.2, 0.25) is 0 Å². The van der Waals surface area contributed by atoms with Gasteiger partial charge in [-0.15, -0.1) is 11.3 Å². The Labute approximate surface area is 160 Å². The Morgan fingerprint density at radius 1 is 1.30 bits per heavy atom. The van der Waals surface area contributed by atoms with Crippen LogP contribution < -0.4 is 16.0 Å². The van der Waals surface area contributed by atoms with Crippen LogP contribution in [0.5, 0.6) is 0 Å². The summed E-state index contributed by atoms with van der Waals surface area (Å²) in [6, 6.07) is 2.38. The molecule has 10 heteroatoms. The Hall–Kier alpha value is -2.88. The molecule has 0 fully saturated rings. The molecule has 1 atom stereocenters. The second-order valence-corrected chi connectivity index (χ2v) is 6.52. The van der Waals surface area contributed by atoms with Crippen LogP contribution in [0.25, 0.3) is 0 Å². The lowest BCUT2D eigenvalue weighted by Gasteiger charge is -2.26. The Kier molecular flexibility index (Phi) is 7.35. The highest BCUT2D eigenvalue weighted by molar-refractivity contribution is 7.12. The van der Waals surface area contributed by atoms with E-state index in [-0.39, 0.29) is 43.4 Å². The van der Waals surface area contributed by atoms with Crippen LogP contribution >= 0.6 is 11.3 Å². The van der Waals surface area contributed by atoms with E-state index >= 15 is 0 Å². The average molecular weight is 395 g/mol. The van der Waals surface area contributed by atoms with Gasteiger partial charge in [0.25, 0.3) is 5.91 Å². The van der Waals surface area contributed by atoms with Crippen LogP contribution in [0.15, 0.2) is 28.8 Å². The molecule has 9 nitrogen and oxygen atoms in total. The van der Waals surface area contributed by atoms with E-state index in [1.54, 1.807) is 31.4 Å². The maximum absolute atomic E-state index is 12.1. The molecule has 2 rings (SSSR count). The third-order valence-electron chi connectivity index (χ3n) is 3.60. The number of hydrogen-bond acceptors (Lipinski definition) is 7. The van der Waals surface area contributed by atoms with Gasteiger partial charge in [0, 0.05) is 6.54 Å². The fourth-order valence-electron chi connectivity index (χ4n) is 2.39. The van der Waals surface area contributed by atoms with Crippen molar-refractivity contribution in [3.63, 3.8) is 0 Å². The molecule has 1 aliphatic rings. The van der Waals surface area contributed by atoms with Crippen molar-refractivity contribution in [1.82, 2.24) is 16.0 Å². The van der Waals surface area contributed by atoms with Crippen LogP contribution in [0, 0.1) is 0 Å². The highest BCUT2D eigenvalue weighted by Crippen LogP contribution is 2.15. The van der Waals surface area contributed by atoms with Gasteiger partial charge >= 0.3 is 18.0 Å². The molecule has 3 N–H and O–H groups in total. The second kappa shape index (κ2) is 9.72. The van der Waals surface area contributed by atoms with E-state index in [0.29, 0.717) is 4.88 Å². The lowest BCUT2D eigenvalue weighted by Crippen LogP contribution is -2.50. The molecular weight excluding hydrogens is 374 g/mol. The molecule has 1 unspecified atom stereocenters. The van der Waals surface area contributed by atoms with Gasteiger partial charge in [-0.05, 0) is 25.3 Å². The predicted octanol–water partition coefficient (Wildman–Crippen LogP) is 0.930. The van der Waals surface area contributed by atoms with Gasteiger partial charge < -0.3 is 25.4 Å². The molecular formula is C17H21N3O6S. The summed E-state index contributed by atoms with van der Waals surface area (Å²) in [7, 11) is 0. The number of thiophene rings is 1. The van der Waals surface area contributed by atoms with E-state index in [9.17, 15) is 19.2 Å². The normalized spacial score (nSPS) is 16.2. The summed E-state index contributed by atoms with van der Waals surface area (Å²) in [6.07, 6.45) is -0.0408. The molecule has 0 spiro atoms. The lowest BCUT2D eigenvalue weighted by atomic mass is 10.0. The number of amides is 3. The number of esters is 2. The largest absolute Gasteiger partial charge is 0.463 e. The number of hydrogen-bond donors (Lipinski definition) is 3. The van der Waals surface area contributed by atoms with Gasteiger partial charge in [0.15, 0.2) is 0 Å². The molecule has 2 heterocycles. The first-order valence-electron chi connectivity index (χ1n) is 8.37. The lowest BCUT2D eigenvalue weighted by molar-refractivity contribution is -0.143. The molecule has 1 aliphatic heterocycles. The molecule has 0 saturated heterocycles. The van der Waals surface area contributed by atoms with Crippen molar-refractivity contribution in [2.75, 3.05) is 19.8 Å². The van der Waals surface area contributed by atoms with E-state index in [0.717, 1.165) is 0 Å². The third kappa shape index (κ3) is 5.81. The molecule has 27 heavy (non-hydrogen) atoms. The van der Waals surface area contributed by atoms with Crippen molar-refractivity contribution < 1.29 is 28.7 Å². The molecule has 0 bridgehead atoms. The van der Waals surface area contributed by atoms with Crippen molar-refractivity contribution in [3.8, 4) is 0 Å². The van der Waals surface area contributed by atoms with Gasteiger partial charge in [0.05, 0.1) is 35.2 Å². The molecule has 1 aromatic heterocycles. The number of urea groups is 1. The highest BCUT2D eigenvalue weighted by atomic mass is 32.1. The molecule has 0 saturated carbocycles. The average Bonchev–Trinajstić information content (AvgIpc) is 3.14. The topological polar surface area (TPSA) is 123 Å². The highest BCUT2D eigenvalue weighted by Gasteiger charge is 2.30. The second-order valence-electron chi connectivity index (χ2n) is 5.58.